The first-order valence-electron chi connectivity index (χ1n) is 6.94. The maximum Gasteiger partial charge on any atom is 0.259 e. The molecule has 0 bridgehead atoms. The van der Waals surface area contributed by atoms with Gasteiger partial charge in [0.2, 0.25) is 0 Å². The predicted molar refractivity (Wildman–Crippen MR) is 85.1 cm³/mol. The van der Waals surface area contributed by atoms with Crippen molar-refractivity contribution in [1.29, 1.82) is 0 Å². The third-order valence-electron chi connectivity index (χ3n) is 3.07. The second-order valence-corrected chi connectivity index (χ2v) is 4.45. The summed E-state index contributed by atoms with van der Waals surface area (Å²) in [5.74, 6) is 1.43. The van der Waals surface area contributed by atoms with Gasteiger partial charge in [0.1, 0.15) is 5.75 Å². The fourth-order valence-corrected chi connectivity index (χ4v) is 2.07. The van der Waals surface area contributed by atoms with Gasteiger partial charge in [-0.1, -0.05) is 6.07 Å². The fraction of sp³-hybridized carbons (Fsp3) is 0.235. The van der Waals surface area contributed by atoms with Gasteiger partial charge in [-0.2, -0.15) is 0 Å². The molecule has 0 heterocycles. The number of para-hydroxylation sites is 1. The molecule has 0 aliphatic carbocycles. The van der Waals surface area contributed by atoms with E-state index in [0.717, 1.165) is 5.75 Å². The highest BCUT2D eigenvalue weighted by Crippen LogP contribution is 2.31. The molecule has 0 radical (unpaired) electrons. The Hall–Kier alpha value is -2.69. The number of carbonyl (C=O) groups excluding carboxylic acids is 1. The van der Waals surface area contributed by atoms with E-state index in [0.29, 0.717) is 29.4 Å². The molecule has 22 heavy (non-hydrogen) atoms. The average Bonchev–Trinajstić information content (AvgIpc) is 2.56. The minimum Gasteiger partial charge on any atom is -0.494 e. The molecule has 0 unspecified atom stereocenters. The number of anilines is 1. The number of methoxy groups -OCH3 is 2. The van der Waals surface area contributed by atoms with Crippen LogP contribution in [0.5, 0.6) is 17.2 Å². The summed E-state index contributed by atoms with van der Waals surface area (Å²) < 4.78 is 15.8. The Morgan fingerprint density at radius 3 is 2.36 bits per heavy atom. The van der Waals surface area contributed by atoms with Crippen molar-refractivity contribution in [3.63, 3.8) is 0 Å². The van der Waals surface area contributed by atoms with Crippen LogP contribution in [0.3, 0.4) is 0 Å². The topological polar surface area (TPSA) is 56.8 Å². The molecule has 2 aromatic carbocycles. The molecule has 5 heteroatoms. The predicted octanol–water partition coefficient (Wildman–Crippen LogP) is 3.35. The minimum absolute atomic E-state index is 0.264. The molecule has 0 fully saturated rings. The number of nitrogens with one attached hydrogen (secondary N) is 1. The first-order chi connectivity index (χ1) is 10.7. The van der Waals surface area contributed by atoms with E-state index in [1.807, 2.05) is 19.1 Å². The summed E-state index contributed by atoms with van der Waals surface area (Å²) in [6.07, 6.45) is 0. The molecule has 0 aromatic heterocycles. The van der Waals surface area contributed by atoms with Crippen LogP contribution >= 0.6 is 0 Å². The van der Waals surface area contributed by atoms with Gasteiger partial charge in [-0.15, -0.1) is 0 Å². The van der Waals surface area contributed by atoms with Crippen LogP contribution in [0, 0.1) is 0 Å². The van der Waals surface area contributed by atoms with E-state index >= 15 is 0 Å². The maximum absolute atomic E-state index is 12.4. The molecule has 0 atom stereocenters. The number of hydrogen-bond donors (Lipinski definition) is 1. The number of rotatable bonds is 6. The number of ether oxygens (including phenoxy) is 3. The van der Waals surface area contributed by atoms with Gasteiger partial charge in [-0.05, 0) is 43.3 Å². The summed E-state index contributed by atoms with van der Waals surface area (Å²) in [6, 6.07) is 12.4. The molecular weight excluding hydrogens is 282 g/mol. The van der Waals surface area contributed by atoms with Gasteiger partial charge in [0.25, 0.3) is 5.91 Å². The summed E-state index contributed by atoms with van der Waals surface area (Å²) in [6.45, 7) is 2.53. The molecule has 0 saturated carbocycles. The van der Waals surface area contributed by atoms with E-state index < -0.39 is 0 Å². The van der Waals surface area contributed by atoms with Crippen molar-refractivity contribution in [2.24, 2.45) is 0 Å². The normalized spacial score (nSPS) is 9.95. The van der Waals surface area contributed by atoms with Gasteiger partial charge < -0.3 is 19.5 Å². The molecule has 1 N–H and O–H groups in total. The van der Waals surface area contributed by atoms with Crippen molar-refractivity contribution >= 4 is 11.6 Å². The lowest BCUT2D eigenvalue weighted by Crippen LogP contribution is -2.13. The van der Waals surface area contributed by atoms with Gasteiger partial charge in [-0.25, -0.2) is 0 Å². The van der Waals surface area contributed by atoms with E-state index in [9.17, 15) is 4.79 Å². The molecule has 0 aliphatic rings. The Kier molecular flexibility index (Phi) is 5.25. The Morgan fingerprint density at radius 1 is 1.05 bits per heavy atom. The van der Waals surface area contributed by atoms with Crippen molar-refractivity contribution in [2.75, 3.05) is 26.1 Å². The number of amides is 1. The molecule has 0 saturated heterocycles. The van der Waals surface area contributed by atoms with Crippen molar-refractivity contribution in [2.45, 2.75) is 6.92 Å². The van der Waals surface area contributed by atoms with Gasteiger partial charge >= 0.3 is 0 Å². The van der Waals surface area contributed by atoms with Crippen LogP contribution in [0.1, 0.15) is 17.3 Å². The van der Waals surface area contributed by atoms with Crippen molar-refractivity contribution in [3.05, 3.63) is 48.0 Å². The zero-order chi connectivity index (χ0) is 15.9. The Morgan fingerprint density at radius 2 is 1.77 bits per heavy atom. The van der Waals surface area contributed by atoms with E-state index in [1.54, 1.807) is 30.3 Å². The molecule has 5 nitrogen and oxygen atoms in total. The summed E-state index contributed by atoms with van der Waals surface area (Å²) in [4.78, 5) is 12.4. The van der Waals surface area contributed by atoms with Crippen LogP contribution in [0.25, 0.3) is 0 Å². The number of carbonyl (C=O) groups is 1. The van der Waals surface area contributed by atoms with E-state index in [2.05, 4.69) is 5.32 Å². The van der Waals surface area contributed by atoms with Crippen LogP contribution in [0.2, 0.25) is 0 Å². The monoisotopic (exact) mass is 301 g/mol. The first-order valence-corrected chi connectivity index (χ1v) is 6.94. The third kappa shape index (κ3) is 3.49. The summed E-state index contributed by atoms with van der Waals surface area (Å²) in [7, 11) is 3.04. The highest BCUT2D eigenvalue weighted by atomic mass is 16.5. The Bertz CT molecular complexity index is 638. The molecule has 2 rings (SSSR count). The van der Waals surface area contributed by atoms with Crippen LogP contribution in [-0.4, -0.2) is 26.7 Å². The Labute approximate surface area is 129 Å². The van der Waals surface area contributed by atoms with Crippen LogP contribution < -0.4 is 19.5 Å². The molecule has 1 amide bonds. The zero-order valence-electron chi connectivity index (χ0n) is 12.9. The van der Waals surface area contributed by atoms with Crippen molar-refractivity contribution in [3.8, 4) is 17.2 Å². The molecule has 0 spiro atoms. The highest BCUT2D eigenvalue weighted by molar-refractivity contribution is 6.06. The standard InChI is InChI=1S/C17H19NO4/c1-4-22-13-10-8-12(9-11-13)18-17(19)14-6-5-7-15(20-2)16(14)21-3/h5-11H,4H2,1-3H3,(H,18,19). The van der Waals surface area contributed by atoms with E-state index in [-0.39, 0.29) is 5.91 Å². The number of hydrogen-bond acceptors (Lipinski definition) is 4. The highest BCUT2D eigenvalue weighted by Gasteiger charge is 2.16. The quantitative estimate of drug-likeness (QED) is 0.889. The molecular formula is C17H19NO4. The summed E-state index contributed by atoms with van der Waals surface area (Å²) in [5.41, 5.74) is 1.09. The second-order valence-electron chi connectivity index (χ2n) is 4.45. The molecule has 116 valence electrons. The van der Waals surface area contributed by atoms with E-state index in [4.69, 9.17) is 14.2 Å². The molecule has 0 aliphatic heterocycles. The van der Waals surface area contributed by atoms with Crippen molar-refractivity contribution in [1.82, 2.24) is 0 Å². The Balaban J connectivity index is 2.18. The lowest BCUT2D eigenvalue weighted by atomic mass is 10.1. The SMILES string of the molecule is CCOc1ccc(NC(=O)c2cccc(OC)c2OC)cc1. The van der Waals surface area contributed by atoms with Gasteiger partial charge in [-0.3, -0.25) is 4.79 Å². The van der Waals surface area contributed by atoms with Gasteiger partial charge in [0.05, 0.1) is 26.4 Å². The third-order valence-corrected chi connectivity index (χ3v) is 3.07. The lowest BCUT2D eigenvalue weighted by molar-refractivity contribution is 0.102. The maximum atomic E-state index is 12.4. The van der Waals surface area contributed by atoms with Crippen LogP contribution in [0.4, 0.5) is 5.69 Å². The summed E-state index contributed by atoms with van der Waals surface area (Å²) >= 11 is 0. The van der Waals surface area contributed by atoms with Crippen molar-refractivity contribution < 1.29 is 19.0 Å². The second kappa shape index (κ2) is 7.36. The number of benzene rings is 2. The molecule has 2 aromatic rings. The van der Waals surface area contributed by atoms with Gasteiger partial charge in [0, 0.05) is 5.69 Å². The zero-order valence-corrected chi connectivity index (χ0v) is 12.9. The largest absolute Gasteiger partial charge is 0.494 e. The van der Waals surface area contributed by atoms with E-state index in [1.165, 1.54) is 14.2 Å². The van der Waals surface area contributed by atoms with Crippen LogP contribution in [-0.2, 0) is 0 Å². The van der Waals surface area contributed by atoms with Crippen LogP contribution in [0.15, 0.2) is 42.5 Å². The first kappa shape index (κ1) is 15.7. The minimum atomic E-state index is -0.264. The van der Waals surface area contributed by atoms with Gasteiger partial charge in [0.15, 0.2) is 11.5 Å². The fourth-order valence-electron chi connectivity index (χ4n) is 2.07. The lowest BCUT2D eigenvalue weighted by Gasteiger charge is -2.12. The average molecular weight is 301 g/mol. The smallest absolute Gasteiger partial charge is 0.259 e. The summed E-state index contributed by atoms with van der Waals surface area (Å²) in [5, 5.41) is 2.82.